The summed E-state index contributed by atoms with van der Waals surface area (Å²) in [7, 11) is 1.55. The van der Waals surface area contributed by atoms with Gasteiger partial charge in [0.25, 0.3) is 5.91 Å². The molecule has 0 bridgehead atoms. The Morgan fingerprint density at radius 1 is 1.07 bits per heavy atom. The molecule has 0 atom stereocenters. The van der Waals surface area contributed by atoms with Crippen LogP contribution >= 0.6 is 23.1 Å². The molecule has 2 amide bonds. The monoisotopic (exact) mass is 428 g/mol. The number of anilines is 2. The molecule has 9 heteroatoms. The molecular formula is C20H20N4O3S2. The SMILES string of the molecule is COc1ccccc1NC(=O)CSc1nnc(NC(=O)c2ccc(C)c(C)c2)s1. The first-order valence-corrected chi connectivity index (χ1v) is 10.5. The fourth-order valence-electron chi connectivity index (χ4n) is 2.43. The third kappa shape index (κ3) is 5.55. The highest BCUT2D eigenvalue weighted by atomic mass is 32.2. The van der Waals surface area contributed by atoms with E-state index in [2.05, 4.69) is 20.8 Å². The fraction of sp³-hybridized carbons (Fsp3) is 0.200. The molecule has 150 valence electrons. The number of rotatable bonds is 7. The summed E-state index contributed by atoms with van der Waals surface area (Å²) >= 11 is 2.47. The maximum atomic E-state index is 12.4. The zero-order chi connectivity index (χ0) is 20.8. The van der Waals surface area contributed by atoms with Crippen LogP contribution in [0.15, 0.2) is 46.8 Å². The van der Waals surface area contributed by atoms with Crippen molar-refractivity contribution in [2.24, 2.45) is 0 Å². The number of amides is 2. The summed E-state index contributed by atoms with van der Waals surface area (Å²) in [4.78, 5) is 24.5. The van der Waals surface area contributed by atoms with Gasteiger partial charge in [0.05, 0.1) is 18.6 Å². The Kier molecular flexibility index (Phi) is 6.84. The van der Waals surface area contributed by atoms with Crippen LogP contribution in [0.25, 0.3) is 0 Å². The van der Waals surface area contributed by atoms with Crippen molar-refractivity contribution in [1.82, 2.24) is 10.2 Å². The fourth-order valence-corrected chi connectivity index (χ4v) is 3.98. The predicted molar refractivity (Wildman–Crippen MR) is 116 cm³/mol. The average Bonchev–Trinajstić information content (AvgIpc) is 3.16. The van der Waals surface area contributed by atoms with E-state index in [4.69, 9.17) is 4.74 Å². The topological polar surface area (TPSA) is 93.2 Å². The van der Waals surface area contributed by atoms with E-state index in [1.807, 2.05) is 38.1 Å². The van der Waals surface area contributed by atoms with Gasteiger partial charge in [0, 0.05) is 5.56 Å². The van der Waals surface area contributed by atoms with Crippen LogP contribution in [0, 0.1) is 13.8 Å². The summed E-state index contributed by atoms with van der Waals surface area (Å²) < 4.78 is 5.81. The van der Waals surface area contributed by atoms with Gasteiger partial charge in [0.2, 0.25) is 11.0 Å². The second-order valence-electron chi connectivity index (χ2n) is 6.16. The van der Waals surface area contributed by atoms with E-state index in [9.17, 15) is 9.59 Å². The number of methoxy groups -OCH3 is 1. The van der Waals surface area contributed by atoms with Gasteiger partial charge < -0.3 is 10.1 Å². The normalized spacial score (nSPS) is 10.4. The Hall–Kier alpha value is -2.91. The highest BCUT2D eigenvalue weighted by Gasteiger charge is 2.13. The first kappa shape index (κ1) is 20.8. The average molecular weight is 429 g/mol. The first-order chi connectivity index (χ1) is 14.0. The summed E-state index contributed by atoms with van der Waals surface area (Å²) in [6, 6.07) is 12.7. The molecule has 0 radical (unpaired) electrons. The van der Waals surface area contributed by atoms with Crippen LogP contribution < -0.4 is 15.4 Å². The van der Waals surface area contributed by atoms with Gasteiger partial charge in [0.1, 0.15) is 5.75 Å². The van der Waals surface area contributed by atoms with E-state index in [-0.39, 0.29) is 17.6 Å². The molecule has 2 aromatic carbocycles. The minimum absolute atomic E-state index is 0.164. The molecule has 0 aliphatic carbocycles. The lowest BCUT2D eigenvalue weighted by molar-refractivity contribution is -0.113. The molecule has 0 unspecified atom stereocenters. The van der Waals surface area contributed by atoms with Crippen molar-refractivity contribution in [1.29, 1.82) is 0 Å². The zero-order valence-electron chi connectivity index (χ0n) is 16.2. The van der Waals surface area contributed by atoms with E-state index < -0.39 is 0 Å². The number of hydrogen-bond donors (Lipinski definition) is 2. The van der Waals surface area contributed by atoms with Crippen molar-refractivity contribution in [3.05, 3.63) is 59.2 Å². The number of ether oxygens (including phenoxy) is 1. The molecule has 0 saturated heterocycles. The minimum Gasteiger partial charge on any atom is -0.495 e. The third-order valence-electron chi connectivity index (χ3n) is 4.10. The summed E-state index contributed by atoms with van der Waals surface area (Å²) in [6.45, 7) is 3.96. The number of aryl methyl sites for hydroxylation is 2. The number of nitrogens with one attached hydrogen (secondary N) is 2. The van der Waals surface area contributed by atoms with Gasteiger partial charge >= 0.3 is 0 Å². The zero-order valence-corrected chi connectivity index (χ0v) is 17.8. The quantitative estimate of drug-likeness (QED) is 0.434. The number of aromatic nitrogens is 2. The summed E-state index contributed by atoms with van der Waals surface area (Å²) in [5.41, 5.74) is 3.35. The molecule has 0 aliphatic heterocycles. The maximum Gasteiger partial charge on any atom is 0.257 e. The summed E-state index contributed by atoms with van der Waals surface area (Å²) in [5.74, 6) is 0.334. The number of carbonyl (C=O) groups excluding carboxylic acids is 2. The standard InChI is InChI=1S/C20H20N4O3S2/c1-12-8-9-14(10-13(12)2)18(26)22-19-23-24-20(29-19)28-11-17(25)21-15-6-4-5-7-16(15)27-3/h4-10H,11H2,1-3H3,(H,21,25)(H,22,23,26). The van der Waals surface area contributed by atoms with Gasteiger partial charge in [-0.2, -0.15) is 0 Å². The Bertz CT molecular complexity index is 1040. The maximum absolute atomic E-state index is 12.4. The lowest BCUT2D eigenvalue weighted by Gasteiger charge is -2.08. The lowest BCUT2D eigenvalue weighted by Crippen LogP contribution is -2.14. The predicted octanol–water partition coefficient (Wildman–Crippen LogP) is 4.15. The van der Waals surface area contributed by atoms with E-state index in [1.165, 1.54) is 23.1 Å². The molecule has 0 saturated carbocycles. The number of carbonyl (C=O) groups is 2. The van der Waals surface area contributed by atoms with Crippen molar-refractivity contribution in [3.8, 4) is 5.75 Å². The lowest BCUT2D eigenvalue weighted by atomic mass is 10.1. The summed E-state index contributed by atoms with van der Waals surface area (Å²) in [6.07, 6.45) is 0. The van der Waals surface area contributed by atoms with Crippen molar-refractivity contribution < 1.29 is 14.3 Å². The third-order valence-corrected chi connectivity index (χ3v) is 6.08. The van der Waals surface area contributed by atoms with Crippen LogP contribution in [0.5, 0.6) is 5.75 Å². The number of hydrogen-bond acceptors (Lipinski definition) is 7. The van der Waals surface area contributed by atoms with Gasteiger partial charge in [-0.25, -0.2) is 0 Å². The smallest absolute Gasteiger partial charge is 0.257 e. The van der Waals surface area contributed by atoms with Crippen molar-refractivity contribution in [2.75, 3.05) is 23.5 Å². The van der Waals surface area contributed by atoms with E-state index in [0.717, 1.165) is 11.1 Å². The second kappa shape index (κ2) is 9.53. The molecule has 0 fully saturated rings. The Morgan fingerprint density at radius 2 is 1.86 bits per heavy atom. The number of thioether (sulfide) groups is 1. The van der Waals surface area contributed by atoms with Crippen molar-refractivity contribution in [3.63, 3.8) is 0 Å². The Balaban J connectivity index is 1.54. The van der Waals surface area contributed by atoms with Gasteiger partial charge in [-0.05, 0) is 49.2 Å². The molecule has 29 heavy (non-hydrogen) atoms. The van der Waals surface area contributed by atoms with Gasteiger partial charge in [-0.15, -0.1) is 10.2 Å². The van der Waals surface area contributed by atoms with Crippen molar-refractivity contribution in [2.45, 2.75) is 18.2 Å². The van der Waals surface area contributed by atoms with Gasteiger partial charge in [0.15, 0.2) is 4.34 Å². The van der Waals surface area contributed by atoms with Crippen LogP contribution in [0.1, 0.15) is 21.5 Å². The molecule has 0 aliphatic rings. The van der Waals surface area contributed by atoms with Crippen LogP contribution in [-0.4, -0.2) is 34.9 Å². The molecule has 3 aromatic rings. The van der Waals surface area contributed by atoms with E-state index >= 15 is 0 Å². The first-order valence-electron chi connectivity index (χ1n) is 8.74. The van der Waals surface area contributed by atoms with Gasteiger partial charge in [-0.3, -0.25) is 14.9 Å². The molecule has 7 nitrogen and oxygen atoms in total. The molecule has 2 N–H and O–H groups in total. The molecule has 0 spiro atoms. The molecule has 1 heterocycles. The largest absolute Gasteiger partial charge is 0.495 e. The van der Waals surface area contributed by atoms with Crippen LogP contribution in [0.3, 0.4) is 0 Å². The van der Waals surface area contributed by atoms with Crippen molar-refractivity contribution >= 4 is 45.7 Å². The van der Waals surface area contributed by atoms with Crippen LogP contribution in [0.2, 0.25) is 0 Å². The summed E-state index contributed by atoms with van der Waals surface area (Å²) in [5, 5.41) is 13.9. The molecule has 1 aromatic heterocycles. The number of benzene rings is 2. The van der Waals surface area contributed by atoms with E-state index in [1.54, 1.807) is 25.3 Å². The highest BCUT2D eigenvalue weighted by molar-refractivity contribution is 8.01. The van der Waals surface area contributed by atoms with Crippen LogP contribution in [-0.2, 0) is 4.79 Å². The Morgan fingerprint density at radius 3 is 2.62 bits per heavy atom. The number of para-hydroxylation sites is 2. The number of nitrogens with zero attached hydrogens (tertiary/aromatic N) is 2. The van der Waals surface area contributed by atoms with E-state index in [0.29, 0.717) is 26.5 Å². The molecule has 3 rings (SSSR count). The molecular weight excluding hydrogens is 408 g/mol. The Labute approximate surface area is 176 Å². The van der Waals surface area contributed by atoms with Crippen LogP contribution in [0.4, 0.5) is 10.8 Å². The van der Waals surface area contributed by atoms with Gasteiger partial charge in [-0.1, -0.05) is 41.3 Å². The second-order valence-corrected chi connectivity index (χ2v) is 8.36. The minimum atomic E-state index is -0.241. The highest BCUT2D eigenvalue weighted by Crippen LogP contribution is 2.27.